The lowest BCUT2D eigenvalue weighted by molar-refractivity contribution is 0.0695. The summed E-state index contributed by atoms with van der Waals surface area (Å²) in [6.07, 6.45) is 0.840. The average molecular weight is 236 g/mol. The number of hydrogen-bond acceptors (Lipinski definition) is 3. The van der Waals surface area contributed by atoms with Gasteiger partial charge in [0.05, 0.1) is 0 Å². The third-order valence-electron chi connectivity index (χ3n) is 3.03. The van der Waals surface area contributed by atoms with Gasteiger partial charge in [-0.25, -0.2) is 4.79 Å². The Balaban J connectivity index is 2.75. The van der Waals surface area contributed by atoms with Crippen molar-refractivity contribution in [2.75, 3.05) is 11.9 Å². The number of aromatic carboxylic acids is 1. The van der Waals surface area contributed by atoms with Crippen molar-refractivity contribution in [3.8, 4) is 0 Å². The number of anilines is 1. The van der Waals surface area contributed by atoms with Gasteiger partial charge in [-0.1, -0.05) is 13.8 Å². The highest BCUT2D eigenvalue weighted by Gasteiger charge is 2.23. The summed E-state index contributed by atoms with van der Waals surface area (Å²) in [4.78, 5) is 23.2. The summed E-state index contributed by atoms with van der Waals surface area (Å²) in [7, 11) is 0. The SMILES string of the molecule is CC(C)c1cc(=O)n2c(c1C(=O)O)NCCC2. The van der Waals surface area contributed by atoms with Crippen LogP contribution in [0.5, 0.6) is 0 Å². The molecular weight excluding hydrogens is 220 g/mol. The number of carboxylic acid groups (broad SMARTS) is 1. The first kappa shape index (κ1) is 11.7. The Morgan fingerprint density at radius 3 is 2.82 bits per heavy atom. The molecule has 2 rings (SSSR count). The maximum absolute atomic E-state index is 11.9. The standard InChI is InChI=1S/C12H16N2O3/c1-7(2)8-6-9(15)14-5-3-4-13-11(14)10(8)12(16)17/h6-7,13H,3-5H2,1-2H3,(H,16,17). The van der Waals surface area contributed by atoms with Crippen molar-refractivity contribution in [1.82, 2.24) is 4.57 Å². The molecule has 1 aliphatic rings. The van der Waals surface area contributed by atoms with Gasteiger partial charge in [0.15, 0.2) is 0 Å². The Morgan fingerprint density at radius 2 is 2.24 bits per heavy atom. The molecule has 0 unspecified atom stereocenters. The summed E-state index contributed by atoms with van der Waals surface area (Å²) in [6.45, 7) is 5.07. The van der Waals surface area contributed by atoms with Crippen LogP contribution in [0.4, 0.5) is 5.82 Å². The number of rotatable bonds is 2. The van der Waals surface area contributed by atoms with E-state index in [1.807, 2.05) is 13.8 Å². The van der Waals surface area contributed by atoms with E-state index < -0.39 is 5.97 Å². The van der Waals surface area contributed by atoms with E-state index in [-0.39, 0.29) is 17.0 Å². The number of fused-ring (bicyclic) bond motifs is 1. The minimum absolute atomic E-state index is 0.0171. The predicted octanol–water partition coefficient (Wildman–Crippen LogP) is 1.49. The first-order valence-corrected chi connectivity index (χ1v) is 5.77. The van der Waals surface area contributed by atoms with E-state index in [0.717, 1.165) is 6.42 Å². The zero-order valence-corrected chi connectivity index (χ0v) is 9.99. The molecule has 0 saturated carbocycles. The molecule has 0 spiro atoms. The average Bonchev–Trinajstić information content (AvgIpc) is 2.28. The molecule has 0 amide bonds. The number of nitrogens with one attached hydrogen (secondary N) is 1. The molecule has 0 aliphatic carbocycles. The van der Waals surface area contributed by atoms with Gasteiger partial charge in [-0.3, -0.25) is 9.36 Å². The lowest BCUT2D eigenvalue weighted by atomic mass is 9.97. The monoisotopic (exact) mass is 236 g/mol. The van der Waals surface area contributed by atoms with Gasteiger partial charge in [-0.15, -0.1) is 0 Å². The molecular formula is C12H16N2O3. The molecule has 2 heterocycles. The van der Waals surface area contributed by atoms with Crippen LogP contribution in [0.3, 0.4) is 0 Å². The third kappa shape index (κ3) is 1.92. The molecule has 92 valence electrons. The molecule has 2 N–H and O–H groups in total. The van der Waals surface area contributed by atoms with Crippen molar-refractivity contribution in [2.45, 2.75) is 32.7 Å². The number of carboxylic acids is 1. The number of carbonyl (C=O) groups is 1. The van der Waals surface area contributed by atoms with Crippen LogP contribution in [0.1, 0.15) is 42.1 Å². The van der Waals surface area contributed by atoms with E-state index >= 15 is 0 Å². The lowest BCUT2D eigenvalue weighted by Gasteiger charge is -2.24. The van der Waals surface area contributed by atoms with Gasteiger partial charge in [0.1, 0.15) is 11.4 Å². The van der Waals surface area contributed by atoms with Crippen LogP contribution in [0.15, 0.2) is 10.9 Å². The van der Waals surface area contributed by atoms with Crippen LogP contribution in [-0.2, 0) is 6.54 Å². The summed E-state index contributed by atoms with van der Waals surface area (Å²) in [6, 6.07) is 1.45. The second kappa shape index (κ2) is 4.24. The van der Waals surface area contributed by atoms with Crippen LogP contribution in [0.25, 0.3) is 0 Å². The van der Waals surface area contributed by atoms with E-state index in [1.165, 1.54) is 10.6 Å². The van der Waals surface area contributed by atoms with E-state index in [0.29, 0.717) is 24.5 Å². The van der Waals surface area contributed by atoms with Crippen molar-refractivity contribution >= 4 is 11.8 Å². The van der Waals surface area contributed by atoms with Crippen molar-refractivity contribution in [3.63, 3.8) is 0 Å². The zero-order valence-electron chi connectivity index (χ0n) is 9.99. The van der Waals surface area contributed by atoms with E-state index in [1.54, 1.807) is 0 Å². The first-order valence-electron chi connectivity index (χ1n) is 5.77. The third-order valence-corrected chi connectivity index (χ3v) is 3.03. The Labute approximate surface area is 99.1 Å². The maximum Gasteiger partial charge on any atom is 0.339 e. The second-order valence-corrected chi connectivity index (χ2v) is 4.55. The summed E-state index contributed by atoms with van der Waals surface area (Å²) in [5.74, 6) is -0.504. The Bertz CT molecular complexity index is 517. The quantitative estimate of drug-likeness (QED) is 0.816. The van der Waals surface area contributed by atoms with E-state index in [4.69, 9.17) is 0 Å². The highest BCUT2D eigenvalue weighted by molar-refractivity contribution is 5.95. The minimum atomic E-state index is -0.980. The molecule has 5 nitrogen and oxygen atoms in total. The van der Waals surface area contributed by atoms with Gasteiger partial charge in [-0.2, -0.15) is 0 Å². The Hall–Kier alpha value is -1.78. The molecule has 1 aromatic rings. The van der Waals surface area contributed by atoms with Crippen molar-refractivity contribution in [1.29, 1.82) is 0 Å². The first-order chi connectivity index (χ1) is 8.02. The lowest BCUT2D eigenvalue weighted by Crippen LogP contribution is -2.32. The summed E-state index contributed by atoms with van der Waals surface area (Å²) in [5, 5.41) is 12.3. The Morgan fingerprint density at radius 1 is 1.53 bits per heavy atom. The zero-order chi connectivity index (χ0) is 12.6. The van der Waals surface area contributed by atoms with Gasteiger partial charge >= 0.3 is 5.97 Å². The van der Waals surface area contributed by atoms with Crippen molar-refractivity contribution in [3.05, 3.63) is 27.5 Å². The molecule has 0 fully saturated rings. The fourth-order valence-corrected chi connectivity index (χ4v) is 2.19. The highest BCUT2D eigenvalue weighted by atomic mass is 16.4. The highest BCUT2D eigenvalue weighted by Crippen LogP contribution is 2.26. The summed E-state index contributed by atoms with van der Waals surface area (Å²) < 4.78 is 1.51. The minimum Gasteiger partial charge on any atom is -0.478 e. The maximum atomic E-state index is 11.9. The van der Waals surface area contributed by atoms with Crippen LogP contribution in [0.2, 0.25) is 0 Å². The molecule has 0 aromatic carbocycles. The molecule has 17 heavy (non-hydrogen) atoms. The largest absolute Gasteiger partial charge is 0.478 e. The van der Waals surface area contributed by atoms with Crippen molar-refractivity contribution in [2.24, 2.45) is 0 Å². The van der Waals surface area contributed by atoms with Gasteiger partial charge in [-0.05, 0) is 17.9 Å². The van der Waals surface area contributed by atoms with Gasteiger partial charge in [0, 0.05) is 19.2 Å². The normalized spacial score (nSPS) is 14.3. The topological polar surface area (TPSA) is 71.3 Å². The molecule has 0 radical (unpaired) electrons. The number of nitrogens with zero attached hydrogens (tertiary/aromatic N) is 1. The molecule has 0 bridgehead atoms. The number of aromatic nitrogens is 1. The summed E-state index contributed by atoms with van der Waals surface area (Å²) in [5.41, 5.74) is 0.711. The van der Waals surface area contributed by atoms with Gasteiger partial charge in [0.2, 0.25) is 0 Å². The predicted molar refractivity (Wildman–Crippen MR) is 64.9 cm³/mol. The Kier molecular flexibility index (Phi) is 2.92. The fourth-order valence-electron chi connectivity index (χ4n) is 2.19. The summed E-state index contributed by atoms with van der Waals surface area (Å²) >= 11 is 0. The van der Waals surface area contributed by atoms with Gasteiger partial charge < -0.3 is 10.4 Å². The number of hydrogen-bond donors (Lipinski definition) is 2. The molecule has 1 aromatic heterocycles. The van der Waals surface area contributed by atoms with Crippen LogP contribution >= 0.6 is 0 Å². The molecule has 5 heteroatoms. The fraction of sp³-hybridized carbons (Fsp3) is 0.500. The van der Waals surface area contributed by atoms with E-state index in [2.05, 4.69) is 5.32 Å². The van der Waals surface area contributed by atoms with Crippen molar-refractivity contribution < 1.29 is 9.90 Å². The van der Waals surface area contributed by atoms with Crippen LogP contribution in [-0.4, -0.2) is 22.2 Å². The smallest absolute Gasteiger partial charge is 0.339 e. The second-order valence-electron chi connectivity index (χ2n) is 4.55. The molecule has 0 atom stereocenters. The molecule has 1 aliphatic heterocycles. The number of pyridine rings is 1. The van der Waals surface area contributed by atoms with E-state index in [9.17, 15) is 14.7 Å². The van der Waals surface area contributed by atoms with Gasteiger partial charge in [0.25, 0.3) is 5.56 Å². The van der Waals surface area contributed by atoms with Crippen LogP contribution in [0, 0.1) is 0 Å². The molecule has 0 saturated heterocycles. The van der Waals surface area contributed by atoms with Crippen LogP contribution < -0.4 is 10.9 Å².